The van der Waals surface area contributed by atoms with Crippen molar-refractivity contribution in [3.8, 4) is 0 Å². The minimum Gasteiger partial charge on any atom is -0.462 e. The molecular weight excluding hydrogens is 404 g/mol. The predicted molar refractivity (Wildman–Crippen MR) is 106 cm³/mol. The van der Waals surface area contributed by atoms with Gasteiger partial charge in [-0.2, -0.15) is 0 Å². The number of ether oxygens (including phenoxy) is 3. The van der Waals surface area contributed by atoms with Crippen LogP contribution in [0.3, 0.4) is 0 Å². The maximum atomic E-state index is 13.9. The van der Waals surface area contributed by atoms with Gasteiger partial charge in [0.2, 0.25) is 5.79 Å². The zero-order valence-electron chi connectivity index (χ0n) is 18.7. The topological polar surface area (TPSA) is 123 Å². The van der Waals surface area contributed by atoms with E-state index in [9.17, 15) is 24.9 Å². The van der Waals surface area contributed by atoms with Gasteiger partial charge in [-0.15, -0.1) is 0 Å². The Morgan fingerprint density at radius 2 is 1.97 bits per heavy atom. The number of carbonyl (C=O) groups excluding carboxylic acids is 2. The van der Waals surface area contributed by atoms with Crippen LogP contribution in [0.15, 0.2) is 0 Å². The van der Waals surface area contributed by atoms with E-state index in [1.807, 2.05) is 13.8 Å². The summed E-state index contributed by atoms with van der Waals surface area (Å²) in [7, 11) is 1.53. The molecule has 0 radical (unpaired) electrons. The number of fused-ring (bicyclic) bond motifs is 2. The molecule has 3 N–H and O–H groups in total. The molecular formula is C23H34O8. The molecule has 6 aliphatic rings. The molecule has 31 heavy (non-hydrogen) atoms. The lowest BCUT2D eigenvalue weighted by Crippen LogP contribution is -2.85. The molecule has 8 nitrogen and oxygen atoms in total. The number of ketones is 1. The molecule has 6 rings (SSSR count). The van der Waals surface area contributed by atoms with Gasteiger partial charge in [0.15, 0.2) is 5.78 Å². The van der Waals surface area contributed by atoms with Crippen LogP contribution in [0.5, 0.6) is 0 Å². The Hall–Kier alpha value is -1.06. The second-order valence-corrected chi connectivity index (χ2v) is 11.3. The second kappa shape index (κ2) is 6.50. The molecule has 4 saturated carbocycles. The molecule has 0 aromatic heterocycles. The molecule has 2 spiro atoms. The standard InChI is InChI=1S/C23H34O8/c1-11(24)31-15-5-6-20(2,3)17-19(27)23(28)22-8-12(13(9-29-4)18(22)26)7-14(25)16(22)21(15,17)10-30-23/h12-17,19,25,27-28H,5-10H2,1-4H3/t12-,13-,14+,15+,16+,17-,19+,21+,22+,23-/m1/s1. The minimum absolute atomic E-state index is 0.0307. The number of aliphatic hydroxyl groups is 3. The molecule has 10 atom stereocenters. The predicted octanol–water partition coefficient (Wildman–Crippen LogP) is 0.653. The molecule has 4 bridgehead atoms. The molecule has 174 valence electrons. The monoisotopic (exact) mass is 438 g/mol. The zero-order chi connectivity index (χ0) is 22.6. The van der Waals surface area contributed by atoms with Gasteiger partial charge in [0, 0.05) is 37.2 Å². The highest BCUT2D eigenvalue weighted by Gasteiger charge is 2.86. The third-order valence-corrected chi connectivity index (χ3v) is 9.59. The molecule has 0 unspecified atom stereocenters. The molecule has 2 heterocycles. The Morgan fingerprint density at radius 3 is 2.61 bits per heavy atom. The number of esters is 1. The molecule has 8 heteroatoms. The van der Waals surface area contributed by atoms with Crippen LogP contribution in [0.4, 0.5) is 0 Å². The van der Waals surface area contributed by atoms with Crippen molar-refractivity contribution < 1.29 is 39.1 Å². The average Bonchev–Trinajstić information content (AvgIpc) is 2.88. The van der Waals surface area contributed by atoms with Crippen LogP contribution < -0.4 is 0 Å². The van der Waals surface area contributed by atoms with Crippen molar-refractivity contribution in [1.82, 2.24) is 0 Å². The Morgan fingerprint density at radius 1 is 1.26 bits per heavy atom. The summed E-state index contributed by atoms with van der Waals surface area (Å²) in [5.41, 5.74) is -2.81. The van der Waals surface area contributed by atoms with Crippen LogP contribution in [0.25, 0.3) is 0 Å². The van der Waals surface area contributed by atoms with Crippen molar-refractivity contribution in [1.29, 1.82) is 0 Å². The molecule has 2 saturated heterocycles. The minimum atomic E-state index is -2.08. The van der Waals surface area contributed by atoms with Crippen LogP contribution in [-0.2, 0) is 23.8 Å². The van der Waals surface area contributed by atoms with Gasteiger partial charge in [-0.1, -0.05) is 13.8 Å². The van der Waals surface area contributed by atoms with E-state index in [0.717, 1.165) is 0 Å². The van der Waals surface area contributed by atoms with Gasteiger partial charge in [0.1, 0.15) is 12.2 Å². The van der Waals surface area contributed by atoms with Crippen LogP contribution in [-0.4, -0.2) is 71.5 Å². The van der Waals surface area contributed by atoms with E-state index in [1.165, 1.54) is 14.0 Å². The summed E-state index contributed by atoms with van der Waals surface area (Å²) < 4.78 is 17.1. The largest absolute Gasteiger partial charge is 0.462 e. The first-order valence-corrected chi connectivity index (χ1v) is 11.4. The normalized spacial score (nSPS) is 54.3. The Kier molecular flexibility index (Phi) is 4.57. The Bertz CT molecular complexity index is 811. The lowest BCUT2D eigenvalue weighted by Gasteiger charge is -2.74. The summed E-state index contributed by atoms with van der Waals surface area (Å²) in [6, 6.07) is 0. The average molecular weight is 439 g/mol. The number of methoxy groups -OCH3 is 1. The third kappa shape index (κ3) is 2.33. The van der Waals surface area contributed by atoms with Gasteiger partial charge in [0.05, 0.1) is 24.7 Å². The van der Waals surface area contributed by atoms with Crippen molar-refractivity contribution in [3.63, 3.8) is 0 Å². The van der Waals surface area contributed by atoms with E-state index >= 15 is 0 Å². The number of hydrogen-bond acceptors (Lipinski definition) is 8. The summed E-state index contributed by atoms with van der Waals surface area (Å²) >= 11 is 0. The van der Waals surface area contributed by atoms with Crippen molar-refractivity contribution in [2.45, 2.75) is 70.6 Å². The summed E-state index contributed by atoms with van der Waals surface area (Å²) in [6.45, 7) is 5.65. The van der Waals surface area contributed by atoms with Gasteiger partial charge in [0.25, 0.3) is 0 Å². The van der Waals surface area contributed by atoms with E-state index < -0.39 is 64.1 Å². The molecule has 6 fully saturated rings. The maximum absolute atomic E-state index is 13.9. The van der Waals surface area contributed by atoms with Gasteiger partial charge >= 0.3 is 5.97 Å². The number of rotatable bonds is 3. The van der Waals surface area contributed by atoms with E-state index in [1.54, 1.807) is 0 Å². The molecule has 4 aliphatic carbocycles. The van der Waals surface area contributed by atoms with Crippen molar-refractivity contribution in [2.24, 2.45) is 39.9 Å². The number of Topliss-reactive ketones (excluding diaryl/α,β-unsaturated/α-hetero) is 1. The highest BCUT2D eigenvalue weighted by molar-refractivity contribution is 5.92. The Balaban J connectivity index is 1.74. The van der Waals surface area contributed by atoms with Crippen molar-refractivity contribution in [3.05, 3.63) is 0 Å². The fourth-order valence-electron chi connectivity index (χ4n) is 8.81. The molecule has 2 aliphatic heterocycles. The van der Waals surface area contributed by atoms with Crippen LogP contribution >= 0.6 is 0 Å². The van der Waals surface area contributed by atoms with E-state index in [2.05, 4.69) is 0 Å². The SMILES string of the molecule is COC[C@H]1C(=O)[C@]23C[C@H]1C[C@H](O)[C@H]2[C@@]12CO[C@]3(O)[C@@H](O)[C@@H]1C(C)(C)CC[C@@H]2OC(C)=O. The lowest BCUT2D eigenvalue weighted by molar-refractivity contribution is -0.455. The third-order valence-electron chi connectivity index (χ3n) is 9.59. The summed E-state index contributed by atoms with van der Waals surface area (Å²) in [6.07, 6.45) is -0.829. The van der Waals surface area contributed by atoms with Crippen LogP contribution in [0, 0.1) is 39.9 Å². The number of carbonyl (C=O) groups is 2. The lowest BCUT2D eigenvalue weighted by atomic mass is 9.35. The first kappa shape index (κ1) is 21.8. The summed E-state index contributed by atoms with van der Waals surface area (Å²) in [4.78, 5) is 26.0. The van der Waals surface area contributed by atoms with Crippen LogP contribution in [0.1, 0.15) is 46.5 Å². The number of aliphatic hydroxyl groups excluding tert-OH is 2. The van der Waals surface area contributed by atoms with E-state index in [0.29, 0.717) is 25.7 Å². The smallest absolute Gasteiger partial charge is 0.302 e. The van der Waals surface area contributed by atoms with Gasteiger partial charge in [-0.3, -0.25) is 9.59 Å². The van der Waals surface area contributed by atoms with Crippen molar-refractivity contribution >= 4 is 11.8 Å². The van der Waals surface area contributed by atoms with E-state index in [-0.39, 0.29) is 24.9 Å². The van der Waals surface area contributed by atoms with Gasteiger partial charge in [-0.25, -0.2) is 0 Å². The highest BCUT2D eigenvalue weighted by Crippen LogP contribution is 2.76. The summed E-state index contributed by atoms with van der Waals surface area (Å²) in [5.74, 6) is -4.51. The molecule has 0 amide bonds. The quantitative estimate of drug-likeness (QED) is 0.549. The van der Waals surface area contributed by atoms with Crippen LogP contribution in [0.2, 0.25) is 0 Å². The highest BCUT2D eigenvalue weighted by atomic mass is 16.6. The summed E-state index contributed by atoms with van der Waals surface area (Å²) in [5, 5.41) is 35.0. The van der Waals surface area contributed by atoms with E-state index in [4.69, 9.17) is 14.2 Å². The zero-order valence-corrected chi connectivity index (χ0v) is 18.7. The number of hydrogen-bond donors (Lipinski definition) is 3. The van der Waals surface area contributed by atoms with Crippen molar-refractivity contribution in [2.75, 3.05) is 20.3 Å². The van der Waals surface area contributed by atoms with Gasteiger partial charge in [-0.05, 0) is 37.0 Å². The fraction of sp³-hybridized carbons (Fsp3) is 0.913. The first-order valence-electron chi connectivity index (χ1n) is 11.4. The molecule has 0 aromatic carbocycles. The fourth-order valence-corrected chi connectivity index (χ4v) is 8.81. The second-order valence-electron chi connectivity index (χ2n) is 11.3. The van der Waals surface area contributed by atoms with Gasteiger partial charge < -0.3 is 29.5 Å². The Labute approximate surface area is 182 Å². The maximum Gasteiger partial charge on any atom is 0.302 e. The molecule has 0 aromatic rings. The first-order chi connectivity index (χ1) is 14.5.